The fourth-order valence-corrected chi connectivity index (χ4v) is 2.79. The molecule has 0 aromatic rings. The highest BCUT2D eigenvalue weighted by Gasteiger charge is 2.46. The standard InChI is InChI=1S/C12H19NO2/c1-2-15-11(14)12-7-4-3-6-10(12)13-9-5-8-12/h2-9H2,1H3. The molecular weight excluding hydrogens is 190 g/mol. The normalized spacial score (nSPS) is 30.3. The second-order valence-corrected chi connectivity index (χ2v) is 4.44. The number of esters is 1. The highest BCUT2D eigenvalue weighted by Crippen LogP contribution is 2.41. The lowest BCUT2D eigenvalue weighted by atomic mass is 9.68. The average Bonchev–Trinajstić information content (AvgIpc) is 2.29. The van der Waals surface area contributed by atoms with Gasteiger partial charge in [-0.05, 0) is 39.0 Å². The molecule has 3 nitrogen and oxygen atoms in total. The van der Waals surface area contributed by atoms with Crippen LogP contribution in [0, 0.1) is 5.41 Å². The molecule has 0 bridgehead atoms. The minimum Gasteiger partial charge on any atom is -0.465 e. The van der Waals surface area contributed by atoms with E-state index in [-0.39, 0.29) is 11.4 Å². The zero-order valence-corrected chi connectivity index (χ0v) is 9.42. The van der Waals surface area contributed by atoms with Crippen LogP contribution in [0.15, 0.2) is 4.99 Å². The van der Waals surface area contributed by atoms with Crippen molar-refractivity contribution >= 4 is 11.7 Å². The molecule has 1 fully saturated rings. The molecule has 0 radical (unpaired) electrons. The first-order valence-corrected chi connectivity index (χ1v) is 6.00. The molecule has 1 unspecified atom stereocenters. The van der Waals surface area contributed by atoms with Crippen molar-refractivity contribution in [2.24, 2.45) is 10.4 Å². The van der Waals surface area contributed by atoms with Crippen molar-refractivity contribution in [3.8, 4) is 0 Å². The van der Waals surface area contributed by atoms with Gasteiger partial charge in [0.05, 0.1) is 6.61 Å². The van der Waals surface area contributed by atoms with E-state index in [1.807, 2.05) is 6.92 Å². The minimum absolute atomic E-state index is 0.0249. The van der Waals surface area contributed by atoms with Gasteiger partial charge in [0, 0.05) is 12.3 Å². The second kappa shape index (κ2) is 4.33. The molecule has 3 heteroatoms. The summed E-state index contributed by atoms with van der Waals surface area (Å²) in [6.07, 6.45) is 6.24. The Kier molecular flexibility index (Phi) is 3.08. The lowest BCUT2D eigenvalue weighted by Crippen LogP contribution is -2.45. The van der Waals surface area contributed by atoms with E-state index in [9.17, 15) is 4.79 Å². The van der Waals surface area contributed by atoms with Crippen LogP contribution < -0.4 is 0 Å². The summed E-state index contributed by atoms with van der Waals surface area (Å²) in [6.45, 7) is 3.25. The summed E-state index contributed by atoms with van der Waals surface area (Å²) in [6, 6.07) is 0. The Morgan fingerprint density at radius 1 is 1.40 bits per heavy atom. The van der Waals surface area contributed by atoms with Crippen molar-refractivity contribution < 1.29 is 9.53 Å². The minimum atomic E-state index is -0.327. The zero-order valence-electron chi connectivity index (χ0n) is 9.42. The van der Waals surface area contributed by atoms with Crippen molar-refractivity contribution in [3.05, 3.63) is 0 Å². The Hall–Kier alpha value is -0.860. The van der Waals surface area contributed by atoms with Crippen LogP contribution in [0.3, 0.4) is 0 Å². The van der Waals surface area contributed by atoms with Crippen LogP contribution in [0.5, 0.6) is 0 Å². The number of hydrogen-bond donors (Lipinski definition) is 0. The molecule has 1 heterocycles. The summed E-state index contributed by atoms with van der Waals surface area (Å²) >= 11 is 0. The Bertz CT molecular complexity index is 285. The first kappa shape index (κ1) is 10.7. The number of fused-ring (bicyclic) bond motifs is 1. The highest BCUT2D eigenvalue weighted by atomic mass is 16.5. The number of aliphatic imine (C=N–C) groups is 1. The third-order valence-electron chi connectivity index (χ3n) is 3.55. The monoisotopic (exact) mass is 209 g/mol. The predicted molar refractivity (Wildman–Crippen MR) is 59.1 cm³/mol. The molecular formula is C12H19NO2. The van der Waals surface area contributed by atoms with E-state index in [2.05, 4.69) is 4.99 Å². The van der Waals surface area contributed by atoms with Crippen LogP contribution in [0.4, 0.5) is 0 Å². The molecule has 2 rings (SSSR count). The Balaban J connectivity index is 2.24. The molecule has 0 amide bonds. The van der Waals surface area contributed by atoms with Gasteiger partial charge in [-0.25, -0.2) is 0 Å². The van der Waals surface area contributed by atoms with Gasteiger partial charge < -0.3 is 4.74 Å². The summed E-state index contributed by atoms with van der Waals surface area (Å²) < 4.78 is 5.22. The summed E-state index contributed by atoms with van der Waals surface area (Å²) in [4.78, 5) is 16.6. The SMILES string of the molecule is CCOC(=O)C12CCCCC1=NCCC2. The van der Waals surface area contributed by atoms with Crippen LogP contribution in [0.1, 0.15) is 45.4 Å². The van der Waals surface area contributed by atoms with Gasteiger partial charge in [-0.15, -0.1) is 0 Å². The number of carbonyl (C=O) groups excluding carboxylic acids is 1. The maximum Gasteiger partial charge on any atom is 0.317 e. The predicted octanol–water partition coefficient (Wildman–Crippen LogP) is 2.34. The second-order valence-electron chi connectivity index (χ2n) is 4.44. The topological polar surface area (TPSA) is 38.7 Å². The molecule has 15 heavy (non-hydrogen) atoms. The van der Waals surface area contributed by atoms with Crippen LogP contribution >= 0.6 is 0 Å². The van der Waals surface area contributed by atoms with E-state index in [1.165, 1.54) is 6.42 Å². The van der Waals surface area contributed by atoms with Gasteiger partial charge in [0.1, 0.15) is 5.41 Å². The smallest absolute Gasteiger partial charge is 0.317 e. The number of ether oxygens (including phenoxy) is 1. The van der Waals surface area contributed by atoms with Crippen LogP contribution in [-0.2, 0) is 9.53 Å². The van der Waals surface area contributed by atoms with Crippen LogP contribution in [-0.4, -0.2) is 24.8 Å². The molecule has 1 atom stereocenters. The molecule has 84 valence electrons. The Morgan fingerprint density at radius 2 is 2.20 bits per heavy atom. The third-order valence-corrected chi connectivity index (χ3v) is 3.55. The van der Waals surface area contributed by atoms with Crippen molar-refractivity contribution in [3.63, 3.8) is 0 Å². The first-order valence-electron chi connectivity index (χ1n) is 6.00. The number of rotatable bonds is 2. The molecule has 1 aliphatic carbocycles. The van der Waals surface area contributed by atoms with Gasteiger partial charge in [0.25, 0.3) is 0 Å². The van der Waals surface area contributed by atoms with Gasteiger partial charge in [-0.1, -0.05) is 6.42 Å². The fourth-order valence-electron chi connectivity index (χ4n) is 2.79. The van der Waals surface area contributed by atoms with Crippen molar-refractivity contribution in [1.29, 1.82) is 0 Å². The number of carbonyl (C=O) groups is 1. The average molecular weight is 209 g/mol. The van der Waals surface area contributed by atoms with Gasteiger partial charge >= 0.3 is 5.97 Å². The molecule has 1 aliphatic heterocycles. The van der Waals surface area contributed by atoms with Crippen molar-refractivity contribution in [1.82, 2.24) is 0 Å². The quantitative estimate of drug-likeness (QED) is 0.655. The largest absolute Gasteiger partial charge is 0.465 e. The lowest BCUT2D eigenvalue weighted by molar-refractivity contribution is -0.152. The van der Waals surface area contributed by atoms with Gasteiger partial charge in [0.2, 0.25) is 0 Å². The first-order chi connectivity index (χ1) is 7.29. The van der Waals surface area contributed by atoms with E-state index in [1.54, 1.807) is 0 Å². The highest BCUT2D eigenvalue weighted by molar-refractivity contribution is 6.07. The lowest BCUT2D eigenvalue weighted by Gasteiger charge is -2.38. The van der Waals surface area contributed by atoms with E-state index >= 15 is 0 Å². The van der Waals surface area contributed by atoms with E-state index in [0.717, 1.165) is 44.4 Å². The maximum atomic E-state index is 12.1. The van der Waals surface area contributed by atoms with Gasteiger partial charge in [-0.2, -0.15) is 0 Å². The molecule has 0 aromatic carbocycles. The molecule has 0 saturated heterocycles. The van der Waals surface area contributed by atoms with E-state index < -0.39 is 0 Å². The zero-order chi connectivity index (χ0) is 10.7. The van der Waals surface area contributed by atoms with Crippen molar-refractivity contribution in [2.45, 2.75) is 45.4 Å². The van der Waals surface area contributed by atoms with Crippen LogP contribution in [0.2, 0.25) is 0 Å². The Labute approximate surface area is 90.9 Å². The number of nitrogens with zero attached hydrogens (tertiary/aromatic N) is 1. The fraction of sp³-hybridized carbons (Fsp3) is 0.833. The van der Waals surface area contributed by atoms with Crippen LogP contribution in [0.25, 0.3) is 0 Å². The van der Waals surface area contributed by atoms with Crippen molar-refractivity contribution in [2.75, 3.05) is 13.2 Å². The van der Waals surface area contributed by atoms with E-state index in [4.69, 9.17) is 4.74 Å². The molecule has 1 saturated carbocycles. The third kappa shape index (κ3) is 1.80. The Morgan fingerprint density at radius 3 is 3.00 bits per heavy atom. The molecule has 0 N–H and O–H groups in total. The summed E-state index contributed by atoms with van der Waals surface area (Å²) in [5, 5.41) is 0. The summed E-state index contributed by atoms with van der Waals surface area (Å²) in [5.41, 5.74) is 0.797. The van der Waals surface area contributed by atoms with Gasteiger partial charge in [0.15, 0.2) is 0 Å². The summed E-state index contributed by atoms with van der Waals surface area (Å²) in [5.74, 6) is -0.0249. The maximum absolute atomic E-state index is 12.1. The van der Waals surface area contributed by atoms with E-state index in [0.29, 0.717) is 6.61 Å². The summed E-state index contributed by atoms with van der Waals surface area (Å²) in [7, 11) is 0. The molecule has 0 spiro atoms. The molecule has 0 aromatic heterocycles. The molecule has 2 aliphatic rings. The number of hydrogen-bond acceptors (Lipinski definition) is 3. The van der Waals surface area contributed by atoms with Gasteiger partial charge in [-0.3, -0.25) is 9.79 Å².